The van der Waals surface area contributed by atoms with E-state index in [9.17, 15) is 8.42 Å². The summed E-state index contributed by atoms with van der Waals surface area (Å²) < 4.78 is 27.2. The third kappa shape index (κ3) is 3.94. The number of nitrogens with two attached hydrogens (primary N) is 1. The van der Waals surface area contributed by atoms with Crippen LogP contribution in [-0.2, 0) is 16.4 Å². The first kappa shape index (κ1) is 15.8. The zero-order chi connectivity index (χ0) is 14.8. The third-order valence-corrected chi connectivity index (χ3v) is 6.42. The number of rotatable bonds is 7. The second-order valence-corrected chi connectivity index (χ2v) is 8.56. The van der Waals surface area contributed by atoms with Gasteiger partial charge in [0.25, 0.3) is 0 Å². The van der Waals surface area contributed by atoms with Crippen LogP contribution in [0, 0.1) is 0 Å². The van der Waals surface area contributed by atoms with Crippen molar-refractivity contribution < 1.29 is 8.42 Å². The van der Waals surface area contributed by atoms with Crippen molar-refractivity contribution in [1.82, 2.24) is 4.72 Å². The van der Waals surface area contributed by atoms with Crippen LogP contribution in [-0.4, -0.2) is 31.0 Å². The average Bonchev–Trinajstić information content (AvgIpc) is 3.17. The van der Waals surface area contributed by atoms with E-state index in [1.807, 2.05) is 6.26 Å². The van der Waals surface area contributed by atoms with Gasteiger partial charge in [0, 0.05) is 17.7 Å². The van der Waals surface area contributed by atoms with Crippen LogP contribution in [0.3, 0.4) is 0 Å². The third-order valence-electron chi connectivity index (χ3n) is 3.44. The van der Waals surface area contributed by atoms with Crippen molar-refractivity contribution in [2.45, 2.75) is 28.9 Å². The van der Waals surface area contributed by atoms with Gasteiger partial charge in [-0.15, -0.1) is 0 Å². The highest BCUT2D eigenvalue weighted by atomic mass is 32.2. The maximum atomic E-state index is 12.2. The van der Waals surface area contributed by atoms with Gasteiger partial charge in [-0.25, -0.2) is 13.1 Å². The lowest BCUT2D eigenvalue weighted by atomic mass is 10.1. The Bertz CT molecular complexity index is 593. The molecule has 1 aromatic rings. The van der Waals surface area contributed by atoms with Crippen molar-refractivity contribution in [2.24, 2.45) is 5.73 Å². The summed E-state index contributed by atoms with van der Waals surface area (Å²) in [5, 5.41) is 0. The van der Waals surface area contributed by atoms with Gasteiger partial charge in [-0.1, -0.05) is 24.4 Å². The lowest BCUT2D eigenvalue weighted by Gasteiger charge is -2.13. The fourth-order valence-corrected chi connectivity index (χ4v) is 4.00. The molecule has 0 spiro atoms. The Kier molecular flexibility index (Phi) is 4.73. The normalized spacial score (nSPS) is 16.9. The predicted molar refractivity (Wildman–Crippen MR) is 87.6 cm³/mol. The molecule has 1 aliphatic rings. The molecular formula is C13H18N2O2S3. The molecule has 0 aromatic heterocycles. The summed E-state index contributed by atoms with van der Waals surface area (Å²) in [6.45, 7) is 0.491. The Morgan fingerprint density at radius 2 is 2.00 bits per heavy atom. The molecular weight excluding hydrogens is 312 g/mol. The molecule has 7 heteroatoms. The van der Waals surface area contributed by atoms with Crippen LogP contribution in [0.25, 0.3) is 0 Å². The highest BCUT2D eigenvalue weighted by Gasteiger charge is 2.42. The van der Waals surface area contributed by atoms with Gasteiger partial charge in [0.1, 0.15) is 0 Å². The highest BCUT2D eigenvalue weighted by Crippen LogP contribution is 2.46. The van der Waals surface area contributed by atoms with Crippen molar-refractivity contribution >= 4 is 39.0 Å². The van der Waals surface area contributed by atoms with Crippen LogP contribution in [0.5, 0.6) is 0 Å². The second kappa shape index (κ2) is 6.01. The van der Waals surface area contributed by atoms with E-state index in [4.69, 9.17) is 18.0 Å². The van der Waals surface area contributed by atoms with Crippen LogP contribution in [0.1, 0.15) is 18.4 Å². The molecule has 1 aromatic carbocycles. The molecule has 1 aliphatic carbocycles. The van der Waals surface area contributed by atoms with Crippen molar-refractivity contribution in [3.05, 3.63) is 29.8 Å². The number of hydrogen-bond acceptors (Lipinski definition) is 4. The van der Waals surface area contributed by atoms with Crippen molar-refractivity contribution in [1.29, 1.82) is 0 Å². The second-order valence-electron chi connectivity index (χ2n) is 5.00. The van der Waals surface area contributed by atoms with Gasteiger partial charge in [-0.05, 0) is 36.8 Å². The molecule has 1 fully saturated rings. The fourth-order valence-electron chi connectivity index (χ4n) is 1.89. The van der Waals surface area contributed by atoms with Crippen molar-refractivity contribution in [3.8, 4) is 0 Å². The number of thiocarbonyl (C=S) groups is 1. The summed E-state index contributed by atoms with van der Waals surface area (Å²) in [6.07, 6.45) is 4.65. The van der Waals surface area contributed by atoms with Crippen LogP contribution in [0.4, 0.5) is 0 Å². The Labute approximate surface area is 129 Å². The van der Waals surface area contributed by atoms with E-state index in [0.29, 0.717) is 18.0 Å². The maximum Gasteiger partial charge on any atom is 0.240 e. The summed E-state index contributed by atoms with van der Waals surface area (Å²) in [6, 6.07) is 6.67. The van der Waals surface area contributed by atoms with Crippen LogP contribution >= 0.6 is 24.0 Å². The number of hydrogen-bond donors (Lipinski definition) is 2. The topological polar surface area (TPSA) is 72.2 Å². The molecule has 110 valence electrons. The molecule has 0 unspecified atom stereocenters. The smallest absolute Gasteiger partial charge is 0.240 e. The van der Waals surface area contributed by atoms with Gasteiger partial charge < -0.3 is 5.73 Å². The highest BCUT2D eigenvalue weighted by molar-refractivity contribution is 8.00. The molecule has 1 saturated carbocycles. The lowest BCUT2D eigenvalue weighted by Crippen LogP contribution is -2.31. The molecule has 3 N–H and O–H groups in total. The minimum Gasteiger partial charge on any atom is -0.393 e. The van der Waals surface area contributed by atoms with E-state index >= 15 is 0 Å². The van der Waals surface area contributed by atoms with Gasteiger partial charge in [-0.3, -0.25) is 0 Å². The zero-order valence-corrected chi connectivity index (χ0v) is 13.7. The number of nitrogens with one attached hydrogen (secondary N) is 1. The van der Waals surface area contributed by atoms with Gasteiger partial charge in [0.05, 0.1) is 9.88 Å². The average molecular weight is 331 g/mol. The molecule has 0 radical (unpaired) electrons. The molecule has 4 nitrogen and oxygen atoms in total. The predicted octanol–water partition coefficient (Wildman–Crippen LogP) is 1.69. The van der Waals surface area contributed by atoms with E-state index < -0.39 is 10.0 Å². The molecule has 0 bridgehead atoms. The molecule has 0 aliphatic heterocycles. The van der Waals surface area contributed by atoms with Gasteiger partial charge in [0.2, 0.25) is 10.0 Å². The number of benzene rings is 1. The lowest BCUT2D eigenvalue weighted by molar-refractivity contribution is 0.580. The fraction of sp³-hybridized carbons (Fsp3) is 0.462. The van der Waals surface area contributed by atoms with Crippen LogP contribution < -0.4 is 10.5 Å². The van der Waals surface area contributed by atoms with Gasteiger partial charge >= 0.3 is 0 Å². The van der Waals surface area contributed by atoms with Crippen molar-refractivity contribution in [3.63, 3.8) is 0 Å². The summed E-state index contributed by atoms with van der Waals surface area (Å²) in [5.74, 6) is 0. The summed E-state index contributed by atoms with van der Waals surface area (Å²) in [7, 11) is -3.44. The van der Waals surface area contributed by atoms with E-state index in [1.165, 1.54) is 0 Å². The monoisotopic (exact) mass is 330 g/mol. The minimum absolute atomic E-state index is 0.110. The first-order chi connectivity index (χ1) is 9.37. The summed E-state index contributed by atoms with van der Waals surface area (Å²) >= 11 is 6.56. The Morgan fingerprint density at radius 1 is 1.40 bits per heavy atom. The summed E-state index contributed by atoms with van der Waals surface area (Å²) in [5.41, 5.74) is 6.38. The standard InChI is InChI=1S/C13H18N2O2S3/c1-19-13(6-7-13)9-15-20(16,17)11-4-2-10(3-5-11)8-12(14)18/h2-5,15H,6-9H2,1H3,(H2,14,18). The zero-order valence-electron chi connectivity index (χ0n) is 11.3. The first-order valence-electron chi connectivity index (χ1n) is 6.29. The molecule has 0 amide bonds. The van der Waals surface area contributed by atoms with Crippen LogP contribution in [0.15, 0.2) is 29.2 Å². The van der Waals surface area contributed by atoms with E-state index in [2.05, 4.69) is 4.72 Å². The Balaban J connectivity index is 2.03. The van der Waals surface area contributed by atoms with Crippen LogP contribution in [0.2, 0.25) is 0 Å². The van der Waals surface area contributed by atoms with Gasteiger partial charge in [0.15, 0.2) is 0 Å². The molecule has 0 atom stereocenters. The van der Waals surface area contributed by atoms with Crippen molar-refractivity contribution in [2.75, 3.05) is 12.8 Å². The SMILES string of the molecule is CSC1(CNS(=O)(=O)c2ccc(CC(N)=S)cc2)CC1. The Morgan fingerprint density at radius 3 is 2.45 bits per heavy atom. The minimum atomic E-state index is -3.44. The van der Waals surface area contributed by atoms with E-state index in [-0.39, 0.29) is 9.64 Å². The molecule has 0 heterocycles. The summed E-state index contributed by atoms with van der Waals surface area (Å²) in [4.78, 5) is 0.676. The number of sulfonamides is 1. The van der Waals surface area contributed by atoms with E-state index in [1.54, 1.807) is 36.0 Å². The Hall–Kier alpha value is -0.630. The maximum absolute atomic E-state index is 12.2. The number of thioether (sulfide) groups is 1. The molecule has 20 heavy (non-hydrogen) atoms. The quantitative estimate of drug-likeness (QED) is 0.744. The van der Waals surface area contributed by atoms with Gasteiger partial charge in [-0.2, -0.15) is 11.8 Å². The molecule has 0 saturated heterocycles. The largest absolute Gasteiger partial charge is 0.393 e. The van der Waals surface area contributed by atoms with E-state index in [0.717, 1.165) is 18.4 Å². The molecule has 2 rings (SSSR count). The first-order valence-corrected chi connectivity index (χ1v) is 9.41.